The van der Waals surface area contributed by atoms with Crippen molar-refractivity contribution in [2.75, 3.05) is 0 Å². The van der Waals surface area contributed by atoms with Gasteiger partial charge in [-0.2, -0.15) is 13.2 Å². The van der Waals surface area contributed by atoms with Gasteiger partial charge < -0.3 is 0 Å². The van der Waals surface area contributed by atoms with E-state index in [2.05, 4.69) is 4.98 Å². The number of ketones is 1. The molecule has 0 aromatic carbocycles. The van der Waals surface area contributed by atoms with Crippen LogP contribution in [-0.2, 0) is 17.0 Å². The molecule has 3 nitrogen and oxygen atoms in total. The molecule has 2 aliphatic rings. The predicted molar refractivity (Wildman–Crippen MR) is 75.9 cm³/mol. The van der Waals surface area contributed by atoms with Gasteiger partial charge in [0.1, 0.15) is 5.69 Å². The Morgan fingerprint density at radius 1 is 1.23 bits per heavy atom. The van der Waals surface area contributed by atoms with E-state index in [0.29, 0.717) is 12.8 Å². The maximum Gasteiger partial charge on any atom is 0.416 e. The summed E-state index contributed by atoms with van der Waals surface area (Å²) in [4.78, 5) is 16.3. The second-order valence-electron chi connectivity index (χ2n) is 5.96. The predicted octanol–water partition coefficient (Wildman–Crippen LogP) is 3.36. The molecule has 2 aliphatic heterocycles. The van der Waals surface area contributed by atoms with Gasteiger partial charge in [0, 0.05) is 33.4 Å². The van der Waals surface area contributed by atoms with E-state index in [1.807, 2.05) is 0 Å². The summed E-state index contributed by atoms with van der Waals surface area (Å²) < 4.78 is 50.3. The fourth-order valence-corrected chi connectivity index (χ4v) is 5.59. The average molecular weight is 331 g/mol. The van der Waals surface area contributed by atoms with E-state index >= 15 is 0 Å². The van der Waals surface area contributed by atoms with Crippen LogP contribution >= 0.6 is 0 Å². The van der Waals surface area contributed by atoms with E-state index in [1.54, 1.807) is 0 Å². The standard InChI is InChI=1S/C15H16F3NO2S/c16-15(17,18)10-4-5-19-13(8-10)14(20)9-6-11-2-1-3-12(7-9)22(11)21/h4-5,8-9,11-12H,1-3,6-7H2. The quantitative estimate of drug-likeness (QED) is 0.781. The highest BCUT2D eigenvalue weighted by Crippen LogP contribution is 2.38. The van der Waals surface area contributed by atoms with Gasteiger partial charge in [-0.3, -0.25) is 14.0 Å². The van der Waals surface area contributed by atoms with Crippen molar-refractivity contribution in [3.63, 3.8) is 0 Å². The lowest BCUT2D eigenvalue weighted by atomic mass is 9.85. The van der Waals surface area contributed by atoms with Gasteiger partial charge in [0.2, 0.25) is 0 Å². The van der Waals surface area contributed by atoms with E-state index in [1.165, 1.54) is 0 Å². The number of fused-ring (bicyclic) bond motifs is 2. The summed E-state index contributed by atoms with van der Waals surface area (Å²) in [7, 11) is -0.901. The number of aromatic nitrogens is 1. The molecule has 2 fully saturated rings. The van der Waals surface area contributed by atoms with E-state index < -0.39 is 22.5 Å². The number of alkyl halides is 3. The van der Waals surface area contributed by atoms with Crippen LogP contribution in [0.3, 0.4) is 0 Å². The third kappa shape index (κ3) is 2.95. The monoisotopic (exact) mass is 331 g/mol. The molecule has 120 valence electrons. The molecule has 3 heterocycles. The Hall–Kier alpha value is -1.24. The molecule has 1 aromatic heterocycles. The summed E-state index contributed by atoms with van der Waals surface area (Å²) in [5, 5.41) is 0.0134. The first kappa shape index (κ1) is 15.6. The number of carbonyl (C=O) groups excluding carboxylic acids is 1. The Morgan fingerprint density at radius 2 is 1.86 bits per heavy atom. The lowest BCUT2D eigenvalue weighted by Gasteiger charge is -2.37. The Labute approximate surface area is 128 Å². The zero-order valence-electron chi connectivity index (χ0n) is 11.8. The molecule has 0 spiro atoms. The highest BCUT2D eigenvalue weighted by Gasteiger charge is 2.41. The highest BCUT2D eigenvalue weighted by atomic mass is 32.2. The fourth-order valence-electron chi connectivity index (χ4n) is 3.40. The van der Waals surface area contributed by atoms with Crippen LogP contribution in [0.2, 0.25) is 0 Å². The van der Waals surface area contributed by atoms with Gasteiger partial charge >= 0.3 is 6.18 Å². The number of Topliss-reactive ketones (excluding diaryl/α,β-unsaturated/α-hetero) is 1. The Balaban J connectivity index is 1.81. The minimum atomic E-state index is -4.48. The average Bonchev–Trinajstić information content (AvgIpc) is 2.45. The third-order valence-corrected chi connectivity index (χ3v) is 6.69. The lowest BCUT2D eigenvalue weighted by Crippen LogP contribution is -2.41. The van der Waals surface area contributed by atoms with Crippen molar-refractivity contribution in [1.82, 2.24) is 4.98 Å². The van der Waals surface area contributed by atoms with Crippen molar-refractivity contribution in [2.24, 2.45) is 5.92 Å². The van der Waals surface area contributed by atoms with Crippen molar-refractivity contribution in [2.45, 2.75) is 48.8 Å². The molecule has 0 aliphatic carbocycles. The summed E-state index contributed by atoms with van der Waals surface area (Å²) in [5.74, 6) is -0.705. The van der Waals surface area contributed by atoms with Crippen molar-refractivity contribution in [3.8, 4) is 0 Å². The van der Waals surface area contributed by atoms with Gasteiger partial charge in [-0.25, -0.2) is 0 Å². The number of carbonyl (C=O) groups is 1. The molecule has 0 amide bonds. The number of pyridine rings is 1. The van der Waals surface area contributed by atoms with E-state index in [0.717, 1.165) is 37.6 Å². The minimum absolute atomic E-state index is 0.00671. The molecule has 0 radical (unpaired) electrons. The largest absolute Gasteiger partial charge is 0.416 e. The van der Waals surface area contributed by atoms with Crippen molar-refractivity contribution in [1.29, 1.82) is 0 Å². The van der Waals surface area contributed by atoms with Gasteiger partial charge in [0.25, 0.3) is 0 Å². The van der Waals surface area contributed by atoms with Crippen molar-refractivity contribution in [3.05, 3.63) is 29.6 Å². The SMILES string of the molecule is O=C(c1cc(C(F)(F)F)ccn1)C1CC2CCCC(C1)S2=O. The normalized spacial score (nSPS) is 31.8. The molecule has 2 unspecified atom stereocenters. The van der Waals surface area contributed by atoms with Crippen LogP contribution in [0.1, 0.15) is 48.2 Å². The van der Waals surface area contributed by atoms with Crippen molar-refractivity contribution < 1.29 is 22.2 Å². The topological polar surface area (TPSA) is 47.0 Å². The Kier molecular flexibility index (Phi) is 4.09. The van der Waals surface area contributed by atoms with Gasteiger partial charge in [0.05, 0.1) is 5.56 Å². The lowest BCUT2D eigenvalue weighted by molar-refractivity contribution is -0.137. The summed E-state index contributed by atoms with van der Waals surface area (Å²) in [6, 6.07) is 1.69. The second-order valence-corrected chi connectivity index (χ2v) is 7.95. The van der Waals surface area contributed by atoms with Crippen LogP contribution in [-0.4, -0.2) is 25.5 Å². The molecular weight excluding hydrogens is 315 g/mol. The molecular formula is C15H16F3NO2S. The minimum Gasteiger partial charge on any atom is -0.292 e. The van der Waals surface area contributed by atoms with Crippen LogP contribution in [0.25, 0.3) is 0 Å². The summed E-state index contributed by atoms with van der Waals surface area (Å²) in [6.07, 6.45) is 0.232. The summed E-state index contributed by atoms with van der Waals surface area (Å²) in [6.45, 7) is 0. The molecule has 0 N–H and O–H groups in total. The zero-order chi connectivity index (χ0) is 15.9. The number of halogens is 3. The molecule has 2 bridgehead atoms. The van der Waals surface area contributed by atoms with Crippen LogP contribution in [0.4, 0.5) is 13.2 Å². The maximum absolute atomic E-state index is 12.7. The smallest absolute Gasteiger partial charge is 0.292 e. The van der Waals surface area contributed by atoms with Crippen LogP contribution in [0, 0.1) is 5.92 Å². The number of hydrogen-bond acceptors (Lipinski definition) is 3. The van der Waals surface area contributed by atoms with Gasteiger partial charge in [-0.1, -0.05) is 6.42 Å². The maximum atomic E-state index is 12.7. The fraction of sp³-hybridized carbons (Fsp3) is 0.600. The zero-order valence-corrected chi connectivity index (χ0v) is 12.6. The van der Waals surface area contributed by atoms with Gasteiger partial charge in [0.15, 0.2) is 5.78 Å². The second kappa shape index (κ2) is 5.76. The first-order chi connectivity index (χ1) is 10.4. The first-order valence-electron chi connectivity index (χ1n) is 7.33. The summed E-state index contributed by atoms with van der Waals surface area (Å²) in [5.41, 5.74) is -0.990. The molecule has 7 heteroatoms. The van der Waals surface area contributed by atoms with Crippen molar-refractivity contribution >= 4 is 16.6 Å². The number of hydrogen-bond donors (Lipinski definition) is 0. The highest BCUT2D eigenvalue weighted by molar-refractivity contribution is 7.86. The molecule has 2 atom stereocenters. The van der Waals surface area contributed by atoms with Crippen LogP contribution in [0.15, 0.2) is 18.3 Å². The number of nitrogens with zero attached hydrogens (tertiary/aromatic N) is 1. The van der Waals surface area contributed by atoms with Gasteiger partial charge in [-0.05, 0) is 37.8 Å². The van der Waals surface area contributed by atoms with E-state index in [4.69, 9.17) is 0 Å². The molecule has 2 saturated heterocycles. The first-order valence-corrected chi connectivity index (χ1v) is 8.60. The number of rotatable bonds is 2. The Bertz CT molecular complexity index is 601. The van der Waals surface area contributed by atoms with Gasteiger partial charge in [-0.15, -0.1) is 0 Å². The third-order valence-electron chi connectivity index (χ3n) is 4.51. The Morgan fingerprint density at radius 3 is 2.45 bits per heavy atom. The molecule has 1 aromatic rings. The van der Waals surface area contributed by atoms with Crippen LogP contribution < -0.4 is 0 Å². The molecule has 3 rings (SSSR count). The van der Waals surface area contributed by atoms with E-state index in [9.17, 15) is 22.2 Å². The molecule has 22 heavy (non-hydrogen) atoms. The van der Waals surface area contributed by atoms with Crippen LogP contribution in [0.5, 0.6) is 0 Å². The van der Waals surface area contributed by atoms with E-state index in [-0.39, 0.29) is 27.9 Å². The molecule has 0 saturated carbocycles. The summed E-state index contributed by atoms with van der Waals surface area (Å²) >= 11 is 0.